The van der Waals surface area contributed by atoms with Gasteiger partial charge in [0.25, 0.3) is 0 Å². The van der Waals surface area contributed by atoms with Crippen molar-refractivity contribution >= 4 is 0 Å². The van der Waals surface area contributed by atoms with Gasteiger partial charge in [-0.1, -0.05) is 31.4 Å². The van der Waals surface area contributed by atoms with Crippen molar-refractivity contribution in [2.24, 2.45) is 0 Å². The highest BCUT2D eigenvalue weighted by Gasteiger charge is 2.32. The molecule has 0 radical (unpaired) electrons. The average molecular weight is 358 g/mol. The van der Waals surface area contributed by atoms with E-state index in [1.165, 1.54) is 31.4 Å². The molecule has 1 aliphatic carbocycles. The number of benzene rings is 1. The van der Waals surface area contributed by atoms with E-state index in [1.54, 1.807) is 0 Å². The Kier molecular flexibility index (Phi) is 5.26. The second-order valence-corrected chi connectivity index (χ2v) is 7.57. The minimum Gasteiger partial charge on any atom is -0.304 e. The minimum absolute atomic E-state index is 0.0266. The van der Waals surface area contributed by atoms with E-state index in [1.807, 2.05) is 16.8 Å². The molecule has 2 heterocycles. The third-order valence-corrected chi connectivity index (χ3v) is 5.77. The van der Waals surface area contributed by atoms with Crippen LogP contribution in [0.3, 0.4) is 0 Å². The van der Waals surface area contributed by atoms with E-state index in [-0.39, 0.29) is 11.9 Å². The first-order chi connectivity index (χ1) is 12.7. The van der Waals surface area contributed by atoms with Crippen LogP contribution in [0.2, 0.25) is 0 Å². The van der Waals surface area contributed by atoms with Crippen LogP contribution in [-0.2, 0) is 0 Å². The first-order valence-corrected chi connectivity index (χ1v) is 9.68. The predicted octanol–water partition coefficient (Wildman–Crippen LogP) is 2.65. The van der Waals surface area contributed by atoms with Crippen LogP contribution < -0.4 is 0 Å². The summed E-state index contributed by atoms with van der Waals surface area (Å²) < 4.78 is 15.5. The van der Waals surface area contributed by atoms with Crippen LogP contribution >= 0.6 is 0 Å². The molecular formula is C19H27FN6. The first kappa shape index (κ1) is 17.5. The van der Waals surface area contributed by atoms with Gasteiger partial charge in [-0.3, -0.25) is 4.90 Å². The van der Waals surface area contributed by atoms with Crippen LogP contribution in [0, 0.1) is 5.82 Å². The van der Waals surface area contributed by atoms with Gasteiger partial charge >= 0.3 is 0 Å². The largest absolute Gasteiger partial charge is 0.304 e. The Balaban J connectivity index is 1.69. The Hall–Kier alpha value is -1.86. The quantitative estimate of drug-likeness (QED) is 0.841. The van der Waals surface area contributed by atoms with Gasteiger partial charge in [0.2, 0.25) is 0 Å². The van der Waals surface area contributed by atoms with E-state index in [2.05, 4.69) is 32.4 Å². The molecule has 2 aromatic rings. The van der Waals surface area contributed by atoms with Gasteiger partial charge in [-0.2, -0.15) is 0 Å². The van der Waals surface area contributed by atoms with E-state index in [0.29, 0.717) is 6.04 Å². The molecule has 1 aliphatic heterocycles. The fourth-order valence-electron chi connectivity index (χ4n) is 4.21. The zero-order valence-electron chi connectivity index (χ0n) is 15.4. The van der Waals surface area contributed by atoms with Crippen LogP contribution in [0.5, 0.6) is 0 Å². The van der Waals surface area contributed by atoms with Crippen LogP contribution in [0.25, 0.3) is 0 Å². The van der Waals surface area contributed by atoms with E-state index >= 15 is 0 Å². The summed E-state index contributed by atoms with van der Waals surface area (Å²) >= 11 is 0. The van der Waals surface area contributed by atoms with E-state index in [9.17, 15) is 4.39 Å². The first-order valence-electron chi connectivity index (χ1n) is 9.68. The molecule has 0 bridgehead atoms. The highest BCUT2D eigenvalue weighted by molar-refractivity contribution is 5.25. The summed E-state index contributed by atoms with van der Waals surface area (Å²) in [4.78, 5) is 4.76. The Bertz CT molecular complexity index is 701. The lowest BCUT2D eigenvalue weighted by molar-refractivity contribution is 0.119. The van der Waals surface area contributed by atoms with Crippen molar-refractivity contribution in [1.82, 2.24) is 30.0 Å². The van der Waals surface area contributed by atoms with Gasteiger partial charge in [-0.25, -0.2) is 9.07 Å². The second-order valence-electron chi connectivity index (χ2n) is 7.57. The molecular weight excluding hydrogens is 331 g/mol. The van der Waals surface area contributed by atoms with Crippen molar-refractivity contribution in [3.63, 3.8) is 0 Å². The average Bonchev–Trinajstić information content (AvgIpc) is 3.15. The summed E-state index contributed by atoms with van der Waals surface area (Å²) in [5.41, 5.74) is 1.06. The number of hydrogen-bond donors (Lipinski definition) is 0. The Morgan fingerprint density at radius 2 is 1.69 bits per heavy atom. The molecule has 0 unspecified atom stereocenters. The summed E-state index contributed by atoms with van der Waals surface area (Å²) in [6.45, 7) is 3.94. The van der Waals surface area contributed by atoms with Gasteiger partial charge in [0.15, 0.2) is 5.82 Å². The zero-order chi connectivity index (χ0) is 17.9. The van der Waals surface area contributed by atoms with Gasteiger partial charge in [0.05, 0.1) is 12.1 Å². The molecule has 1 aromatic heterocycles. The topological polar surface area (TPSA) is 50.1 Å². The number of hydrogen-bond acceptors (Lipinski definition) is 5. The number of likely N-dealkylation sites (N-methyl/N-ethyl adjacent to an activating group) is 1. The molecule has 6 nitrogen and oxygen atoms in total. The zero-order valence-corrected chi connectivity index (χ0v) is 15.4. The van der Waals surface area contributed by atoms with Crippen LogP contribution in [0.15, 0.2) is 24.3 Å². The highest BCUT2D eigenvalue weighted by atomic mass is 19.1. The van der Waals surface area contributed by atoms with E-state index < -0.39 is 0 Å². The molecule has 1 atom stereocenters. The molecule has 4 rings (SSSR count). The lowest BCUT2D eigenvalue weighted by atomic mass is 9.95. The van der Waals surface area contributed by atoms with E-state index in [0.717, 1.165) is 50.4 Å². The van der Waals surface area contributed by atoms with Crippen molar-refractivity contribution < 1.29 is 4.39 Å². The van der Waals surface area contributed by atoms with Crippen molar-refractivity contribution in [2.75, 3.05) is 33.2 Å². The van der Waals surface area contributed by atoms with Gasteiger partial charge in [0.1, 0.15) is 5.82 Å². The van der Waals surface area contributed by atoms with Crippen LogP contribution in [0.1, 0.15) is 55.6 Å². The van der Waals surface area contributed by atoms with Gasteiger partial charge in [-0.15, -0.1) is 5.10 Å². The SMILES string of the molecule is CN1CCN([C@H](c2ccc(F)cc2)c2nnnn2C2CCCCC2)CC1. The van der Waals surface area contributed by atoms with Gasteiger partial charge in [0, 0.05) is 26.2 Å². The van der Waals surface area contributed by atoms with Crippen molar-refractivity contribution in [3.8, 4) is 0 Å². The molecule has 140 valence electrons. The fraction of sp³-hybridized carbons (Fsp3) is 0.632. The standard InChI is InChI=1S/C19H27FN6/c1-24-11-13-25(14-12-24)18(15-7-9-16(20)10-8-15)19-21-22-23-26(19)17-5-3-2-4-6-17/h7-10,17-18H,2-6,11-14H2,1H3/t18-/m1/s1. The molecule has 26 heavy (non-hydrogen) atoms. The molecule has 1 aromatic carbocycles. The summed E-state index contributed by atoms with van der Waals surface area (Å²) in [7, 11) is 2.15. The Labute approximate surface area is 154 Å². The predicted molar refractivity (Wildman–Crippen MR) is 97.3 cm³/mol. The third kappa shape index (κ3) is 3.64. The third-order valence-electron chi connectivity index (χ3n) is 5.77. The molecule has 1 saturated carbocycles. The second kappa shape index (κ2) is 7.80. The summed E-state index contributed by atoms with van der Waals surface area (Å²) in [6.07, 6.45) is 6.04. The molecule has 0 N–H and O–H groups in total. The van der Waals surface area contributed by atoms with Crippen LogP contribution in [0.4, 0.5) is 4.39 Å². The number of halogens is 1. The van der Waals surface area contributed by atoms with Crippen molar-refractivity contribution in [3.05, 3.63) is 41.5 Å². The monoisotopic (exact) mass is 358 g/mol. The number of tetrazole rings is 1. The minimum atomic E-state index is -0.210. The maximum atomic E-state index is 13.5. The van der Waals surface area contributed by atoms with Crippen molar-refractivity contribution in [1.29, 1.82) is 0 Å². The summed E-state index contributed by atoms with van der Waals surface area (Å²) in [5.74, 6) is 0.686. The smallest absolute Gasteiger partial charge is 0.173 e. The van der Waals surface area contributed by atoms with Crippen LogP contribution in [-0.4, -0.2) is 63.2 Å². The lowest BCUT2D eigenvalue weighted by Gasteiger charge is -2.38. The summed E-state index contributed by atoms with van der Waals surface area (Å²) in [5, 5.41) is 12.8. The number of nitrogens with zero attached hydrogens (tertiary/aromatic N) is 6. The Morgan fingerprint density at radius 1 is 1.00 bits per heavy atom. The number of aromatic nitrogens is 4. The number of piperazine rings is 1. The highest BCUT2D eigenvalue weighted by Crippen LogP contribution is 2.33. The summed E-state index contributed by atoms with van der Waals surface area (Å²) in [6, 6.07) is 7.17. The molecule has 2 fully saturated rings. The van der Waals surface area contributed by atoms with Crippen molar-refractivity contribution in [2.45, 2.75) is 44.2 Å². The maximum absolute atomic E-state index is 13.5. The molecule has 7 heteroatoms. The number of rotatable bonds is 4. The normalized spacial score (nSPS) is 21.8. The Morgan fingerprint density at radius 3 is 2.38 bits per heavy atom. The van der Waals surface area contributed by atoms with E-state index in [4.69, 9.17) is 0 Å². The van der Waals surface area contributed by atoms with Gasteiger partial charge in [-0.05, 0) is 48.0 Å². The fourth-order valence-corrected chi connectivity index (χ4v) is 4.21. The molecule has 2 aliphatic rings. The van der Waals surface area contributed by atoms with Gasteiger partial charge < -0.3 is 4.90 Å². The molecule has 0 amide bonds. The lowest BCUT2D eigenvalue weighted by Crippen LogP contribution is -2.46. The molecule has 1 saturated heterocycles. The maximum Gasteiger partial charge on any atom is 0.173 e. The molecule has 0 spiro atoms.